The predicted molar refractivity (Wildman–Crippen MR) is 175 cm³/mol. The number of ether oxygens (including phenoxy) is 4. The first-order valence-corrected chi connectivity index (χ1v) is 18.5. The molecule has 1 aliphatic rings. The third kappa shape index (κ3) is 12.5. The molecule has 0 saturated carbocycles. The van der Waals surface area contributed by atoms with Gasteiger partial charge in [-0.1, -0.05) is 56.9 Å². The van der Waals surface area contributed by atoms with Crippen LogP contribution in [0.15, 0.2) is 48.5 Å². The number of unbranched alkanes of at least 4 members (excludes halogenated alkanes) is 5. The zero-order valence-corrected chi connectivity index (χ0v) is 28.2. The van der Waals surface area contributed by atoms with Crippen LogP contribution in [0.2, 0.25) is 6.04 Å². The lowest BCUT2D eigenvalue weighted by molar-refractivity contribution is -0.150. The molecule has 1 aliphatic heterocycles. The second-order valence-electron chi connectivity index (χ2n) is 11.4. The van der Waals surface area contributed by atoms with Crippen LogP contribution < -0.4 is 9.47 Å². The second kappa shape index (κ2) is 20.2. The van der Waals surface area contributed by atoms with Crippen LogP contribution in [0.3, 0.4) is 0 Å². The Balaban J connectivity index is 1.25. The van der Waals surface area contributed by atoms with Gasteiger partial charge in [-0.25, -0.2) is 0 Å². The van der Waals surface area contributed by atoms with Crippen molar-refractivity contribution in [2.45, 2.75) is 85.1 Å². The Morgan fingerprint density at radius 3 is 1.51 bits per heavy atom. The molecule has 7 nitrogen and oxygen atoms in total. The van der Waals surface area contributed by atoms with Gasteiger partial charge in [0.1, 0.15) is 11.5 Å². The van der Waals surface area contributed by atoms with Crippen molar-refractivity contribution in [3.63, 3.8) is 0 Å². The molecule has 1 fully saturated rings. The number of rotatable bonds is 25. The van der Waals surface area contributed by atoms with Gasteiger partial charge in [-0.3, -0.25) is 0 Å². The highest BCUT2D eigenvalue weighted by Crippen LogP contribution is 2.31. The Morgan fingerprint density at radius 2 is 1.07 bits per heavy atom. The summed E-state index contributed by atoms with van der Waals surface area (Å²) in [4.78, 5) is 0. The maximum absolute atomic E-state index is 5.99. The molecule has 0 aliphatic carbocycles. The molecule has 0 N–H and O–H groups in total. The van der Waals surface area contributed by atoms with Crippen molar-refractivity contribution in [1.29, 1.82) is 0 Å². The van der Waals surface area contributed by atoms with Crippen LogP contribution in [0.1, 0.15) is 79.1 Å². The van der Waals surface area contributed by atoms with E-state index in [4.69, 9.17) is 32.2 Å². The molecule has 43 heavy (non-hydrogen) atoms. The lowest BCUT2D eigenvalue weighted by atomic mass is 9.84. The lowest BCUT2D eigenvalue weighted by Crippen LogP contribution is -2.46. The van der Waals surface area contributed by atoms with Crippen LogP contribution in [0.25, 0.3) is 11.1 Å². The average molecular weight is 617 g/mol. The first kappa shape index (κ1) is 35.5. The van der Waals surface area contributed by atoms with Crippen LogP contribution in [0.5, 0.6) is 11.5 Å². The van der Waals surface area contributed by atoms with Gasteiger partial charge in [0, 0.05) is 37.9 Å². The minimum absolute atomic E-state index is 0.303. The maximum Gasteiger partial charge on any atom is 0.501 e. The van der Waals surface area contributed by atoms with Gasteiger partial charge >= 0.3 is 8.80 Å². The molecule has 2 aromatic carbocycles. The molecule has 0 aromatic heterocycles. The van der Waals surface area contributed by atoms with E-state index in [2.05, 4.69) is 43.3 Å². The van der Waals surface area contributed by atoms with Crippen molar-refractivity contribution in [3.05, 3.63) is 48.5 Å². The van der Waals surface area contributed by atoms with Gasteiger partial charge in [-0.2, -0.15) is 0 Å². The molecule has 2 aromatic rings. The smallest absolute Gasteiger partial charge is 0.494 e. The number of benzene rings is 2. The third-order valence-electron chi connectivity index (χ3n) is 7.96. The monoisotopic (exact) mass is 616 g/mol. The van der Waals surface area contributed by atoms with Crippen molar-refractivity contribution in [2.24, 2.45) is 5.41 Å². The fourth-order valence-electron chi connectivity index (χ4n) is 5.24. The summed E-state index contributed by atoms with van der Waals surface area (Å²) in [6.45, 7) is 14.8. The Kier molecular flexibility index (Phi) is 16.7. The standard InChI is InChI=1S/C35H56O7Si/c1-5-35(29-37-30-35)28-36-24-13-11-9-10-12-14-25-38-33-20-16-31(17-21-33)32-18-22-34(23-19-32)39-26-15-27-43(40-6-2,41-7-3)42-8-4/h16-23H,5-15,24-30H2,1-4H3. The quantitative estimate of drug-likeness (QED) is 0.0821. The van der Waals surface area contributed by atoms with Gasteiger partial charge in [0.05, 0.1) is 33.0 Å². The second-order valence-corrected chi connectivity index (χ2v) is 14.1. The Hall–Kier alpha value is -1.94. The summed E-state index contributed by atoms with van der Waals surface area (Å²) >= 11 is 0. The Labute approximate surface area is 261 Å². The summed E-state index contributed by atoms with van der Waals surface area (Å²) in [6, 6.07) is 17.4. The predicted octanol–water partition coefficient (Wildman–Crippen LogP) is 8.33. The summed E-state index contributed by atoms with van der Waals surface area (Å²) in [5, 5.41) is 0. The lowest BCUT2D eigenvalue weighted by Gasteiger charge is -2.40. The van der Waals surface area contributed by atoms with E-state index in [0.717, 1.165) is 87.4 Å². The summed E-state index contributed by atoms with van der Waals surface area (Å²) < 4.78 is 41.0. The van der Waals surface area contributed by atoms with E-state index in [9.17, 15) is 0 Å². The minimum Gasteiger partial charge on any atom is -0.494 e. The highest BCUT2D eigenvalue weighted by atomic mass is 28.4. The van der Waals surface area contributed by atoms with E-state index in [1.54, 1.807) is 0 Å². The van der Waals surface area contributed by atoms with Gasteiger partial charge in [0.2, 0.25) is 0 Å². The zero-order chi connectivity index (χ0) is 30.6. The molecular weight excluding hydrogens is 560 g/mol. The molecule has 3 rings (SSSR count). The van der Waals surface area contributed by atoms with Crippen LogP contribution in [0, 0.1) is 5.41 Å². The normalized spacial score (nSPS) is 14.4. The molecule has 0 bridgehead atoms. The van der Waals surface area contributed by atoms with Gasteiger partial charge in [-0.15, -0.1) is 0 Å². The first-order chi connectivity index (χ1) is 21.1. The van der Waals surface area contributed by atoms with Crippen molar-refractivity contribution in [2.75, 3.05) is 59.5 Å². The maximum atomic E-state index is 5.99. The van der Waals surface area contributed by atoms with Gasteiger partial charge in [-0.05, 0) is 81.8 Å². The molecule has 1 saturated heterocycles. The topological polar surface area (TPSA) is 64.6 Å². The van der Waals surface area contributed by atoms with Gasteiger partial charge in [0.25, 0.3) is 0 Å². The van der Waals surface area contributed by atoms with Crippen molar-refractivity contribution >= 4 is 8.80 Å². The Bertz CT molecular complexity index is 956. The molecule has 0 spiro atoms. The van der Waals surface area contributed by atoms with Gasteiger partial charge < -0.3 is 32.2 Å². The fraction of sp³-hybridized carbons (Fsp3) is 0.657. The average Bonchev–Trinajstić information content (AvgIpc) is 3.00. The molecule has 0 unspecified atom stereocenters. The van der Waals surface area contributed by atoms with Crippen LogP contribution in [0.4, 0.5) is 0 Å². The zero-order valence-electron chi connectivity index (χ0n) is 27.2. The first-order valence-electron chi connectivity index (χ1n) is 16.6. The van der Waals surface area contributed by atoms with E-state index in [-0.39, 0.29) is 0 Å². The summed E-state index contributed by atoms with van der Waals surface area (Å²) in [5.41, 5.74) is 2.62. The van der Waals surface area contributed by atoms with Crippen molar-refractivity contribution < 1.29 is 32.2 Å². The van der Waals surface area contributed by atoms with Crippen molar-refractivity contribution in [3.8, 4) is 22.6 Å². The molecule has 0 atom stereocenters. The third-order valence-corrected chi connectivity index (χ3v) is 11.1. The summed E-state index contributed by atoms with van der Waals surface area (Å²) in [6.07, 6.45) is 9.18. The number of hydrogen-bond donors (Lipinski definition) is 0. The molecular formula is C35H56O7Si. The molecule has 8 heteroatoms. The molecule has 0 amide bonds. The van der Waals surface area contributed by atoms with E-state index in [0.29, 0.717) is 31.8 Å². The highest BCUT2D eigenvalue weighted by molar-refractivity contribution is 6.60. The van der Waals surface area contributed by atoms with Crippen LogP contribution in [-0.4, -0.2) is 68.3 Å². The van der Waals surface area contributed by atoms with E-state index < -0.39 is 8.80 Å². The molecule has 0 radical (unpaired) electrons. The highest BCUT2D eigenvalue weighted by Gasteiger charge is 2.39. The van der Waals surface area contributed by atoms with E-state index in [1.165, 1.54) is 25.7 Å². The molecule has 242 valence electrons. The summed E-state index contributed by atoms with van der Waals surface area (Å²) in [7, 11) is -2.62. The van der Waals surface area contributed by atoms with Crippen LogP contribution >= 0.6 is 0 Å². The number of hydrogen-bond acceptors (Lipinski definition) is 7. The minimum atomic E-state index is -2.62. The van der Waals surface area contributed by atoms with Crippen molar-refractivity contribution in [1.82, 2.24) is 0 Å². The van der Waals surface area contributed by atoms with Gasteiger partial charge in [0.15, 0.2) is 0 Å². The Morgan fingerprint density at radius 1 is 0.605 bits per heavy atom. The molecule has 1 heterocycles. The largest absolute Gasteiger partial charge is 0.501 e. The summed E-state index contributed by atoms with van der Waals surface area (Å²) in [5.74, 6) is 1.78. The SMILES string of the molecule is CCO[Si](CCCOc1ccc(-c2ccc(OCCCCCCCCOCC3(CC)COC3)cc2)cc1)(OCC)OCC. The van der Waals surface area contributed by atoms with Crippen LogP contribution in [-0.2, 0) is 22.8 Å². The van der Waals surface area contributed by atoms with E-state index >= 15 is 0 Å². The fourth-order valence-corrected chi connectivity index (χ4v) is 7.82. The van der Waals surface area contributed by atoms with E-state index in [1.807, 2.05) is 32.9 Å².